The van der Waals surface area contributed by atoms with Crippen molar-refractivity contribution in [1.29, 1.82) is 0 Å². The Balaban J connectivity index is 2.13. The zero-order chi connectivity index (χ0) is 15.5. The van der Waals surface area contributed by atoms with E-state index in [4.69, 9.17) is 9.52 Å². The SMILES string of the molecule is O=S(=O)(Nc1ccc(OC(F)F)cc1)c1ccc(CO)o1. The topological polar surface area (TPSA) is 88.8 Å². The Hall–Kier alpha value is -2.13. The molecule has 0 atom stereocenters. The first-order valence-corrected chi connectivity index (χ1v) is 7.16. The molecule has 0 aliphatic rings. The van der Waals surface area contributed by atoms with Gasteiger partial charge in [0.1, 0.15) is 18.1 Å². The maximum Gasteiger partial charge on any atom is 0.387 e. The normalized spacial score (nSPS) is 11.6. The number of ether oxygens (including phenoxy) is 1. The fourth-order valence-corrected chi connectivity index (χ4v) is 2.51. The molecule has 2 N–H and O–H groups in total. The van der Waals surface area contributed by atoms with Crippen LogP contribution in [0.25, 0.3) is 0 Å². The zero-order valence-corrected chi connectivity index (χ0v) is 11.3. The predicted molar refractivity (Wildman–Crippen MR) is 68.5 cm³/mol. The van der Waals surface area contributed by atoms with Gasteiger partial charge in [0.2, 0.25) is 5.09 Å². The van der Waals surface area contributed by atoms with Crippen LogP contribution in [-0.4, -0.2) is 20.1 Å². The molecular formula is C12H11F2NO5S. The molecule has 2 rings (SSSR count). The zero-order valence-electron chi connectivity index (χ0n) is 10.5. The number of sulfonamides is 1. The van der Waals surface area contributed by atoms with E-state index in [0.717, 1.165) is 0 Å². The van der Waals surface area contributed by atoms with E-state index < -0.39 is 23.2 Å². The molecule has 0 saturated carbocycles. The molecular weight excluding hydrogens is 308 g/mol. The van der Waals surface area contributed by atoms with Gasteiger partial charge in [-0.25, -0.2) is 0 Å². The quantitative estimate of drug-likeness (QED) is 0.852. The highest BCUT2D eigenvalue weighted by molar-refractivity contribution is 7.92. The summed E-state index contributed by atoms with van der Waals surface area (Å²) in [5, 5.41) is 8.46. The first-order valence-electron chi connectivity index (χ1n) is 5.68. The summed E-state index contributed by atoms with van der Waals surface area (Å²) in [7, 11) is -3.96. The molecule has 1 heterocycles. The number of benzene rings is 1. The van der Waals surface area contributed by atoms with Crippen LogP contribution in [-0.2, 0) is 16.6 Å². The highest BCUT2D eigenvalue weighted by Crippen LogP contribution is 2.21. The molecule has 114 valence electrons. The highest BCUT2D eigenvalue weighted by atomic mass is 32.2. The van der Waals surface area contributed by atoms with Crippen molar-refractivity contribution in [2.45, 2.75) is 18.3 Å². The lowest BCUT2D eigenvalue weighted by atomic mass is 10.3. The fourth-order valence-electron chi connectivity index (χ4n) is 1.50. The number of rotatable bonds is 6. The Bertz CT molecular complexity index is 697. The average molecular weight is 319 g/mol. The van der Waals surface area contributed by atoms with E-state index in [0.29, 0.717) is 0 Å². The van der Waals surface area contributed by atoms with Crippen LogP contribution in [0.4, 0.5) is 14.5 Å². The molecule has 1 aromatic carbocycles. The number of hydrogen-bond acceptors (Lipinski definition) is 5. The molecule has 0 amide bonds. The van der Waals surface area contributed by atoms with E-state index in [2.05, 4.69) is 9.46 Å². The number of aliphatic hydroxyl groups excluding tert-OH is 1. The fraction of sp³-hybridized carbons (Fsp3) is 0.167. The summed E-state index contributed by atoms with van der Waals surface area (Å²) in [4.78, 5) is 0. The van der Waals surface area contributed by atoms with Crippen LogP contribution < -0.4 is 9.46 Å². The van der Waals surface area contributed by atoms with E-state index in [1.54, 1.807) is 0 Å². The van der Waals surface area contributed by atoms with Crippen molar-refractivity contribution in [2.75, 3.05) is 4.72 Å². The maximum atomic E-state index is 12.0. The van der Waals surface area contributed by atoms with Crippen LogP contribution in [0, 0.1) is 0 Å². The van der Waals surface area contributed by atoms with Crippen LogP contribution in [0.2, 0.25) is 0 Å². The predicted octanol–water partition coefficient (Wildman–Crippen LogP) is 2.17. The van der Waals surface area contributed by atoms with Gasteiger partial charge in [-0.15, -0.1) is 0 Å². The van der Waals surface area contributed by atoms with E-state index in [1.807, 2.05) is 0 Å². The smallest absolute Gasteiger partial charge is 0.387 e. The van der Waals surface area contributed by atoms with Crippen molar-refractivity contribution >= 4 is 15.7 Å². The van der Waals surface area contributed by atoms with Crippen molar-refractivity contribution in [3.8, 4) is 5.75 Å². The van der Waals surface area contributed by atoms with E-state index in [-0.39, 0.29) is 22.3 Å². The summed E-state index contributed by atoms with van der Waals surface area (Å²) in [6, 6.07) is 7.46. The lowest BCUT2D eigenvalue weighted by molar-refractivity contribution is -0.0498. The van der Waals surface area contributed by atoms with Crippen molar-refractivity contribution in [2.24, 2.45) is 0 Å². The van der Waals surface area contributed by atoms with Crippen LogP contribution in [0.15, 0.2) is 45.9 Å². The molecule has 6 nitrogen and oxygen atoms in total. The van der Waals surface area contributed by atoms with Crippen LogP contribution >= 0.6 is 0 Å². The average Bonchev–Trinajstić information content (AvgIpc) is 2.90. The standard InChI is InChI=1S/C12H11F2NO5S/c13-12(14)20-9-3-1-8(2-4-9)15-21(17,18)11-6-5-10(7-16)19-11/h1-6,12,15-16H,7H2. The molecule has 0 aliphatic carbocycles. The van der Waals surface area contributed by atoms with E-state index in [9.17, 15) is 17.2 Å². The minimum Gasteiger partial charge on any atom is -0.445 e. The molecule has 0 bridgehead atoms. The second-order valence-electron chi connectivity index (χ2n) is 3.89. The summed E-state index contributed by atoms with van der Waals surface area (Å²) in [5.74, 6) is 0.0181. The maximum absolute atomic E-state index is 12.0. The number of hydrogen-bond donors (Lipinski definition) is 2. The Kier molecular flexibility index (Phi) is 4.43. The molecule has 0 unspecified atom stereocenters. The number of halogens is 2. The van der Waals surface area contributed by atoms with Crippen LogP contribution in [0.3, 0.4) is 0 Å². The number of aliphatic hydroxyl groups is 1. The van der Waals surface area contributed by atoms with Gasteiger partial charge in [-0.1, -0.05) is 0 Å². The Labute approximate surface area is 119 Å². The first-order chi connectivity index (χ1) is 9.90. The third kappa shape index (κ3) is 3.92. The summed E-state index contributed by atoms with van der Waals surface area (Å²) in [5.41, 5.74) is 0.151. The van der Waals surface area contributed by atoms with Gasteiger partial charge >= 0.3 is 6.61 Å². The van der Waals surface area contributed by atoms with Crippen molar-refractivity contribution in [1.82, 2.24) is 0 Å². The summed E-state index contributed by atoms with van der Waals surface area (Å²) in [6.45, 7) is -3.37. The molecule has 9 heteroatoms. The third-order valence-electron chi connectivity index (χ3n) is 2.39. The number of anilines is 1. The molecule has 0 fully saturated rings. The van der Waals surface area contributed by atoms with Gasteiger partial charge < -0.3 is 14.3 Å². The first kappa shape index (κ1) is 15.3. The Morgan fingerprint density at radius 3 is 2.38 bits per heavy atom. The molecule has 0 spiro atoms. The third-order valence-corrected chi connectivity index (χ3v) is 3.64. The second-order valence-corrected chi connectivity index (χ2v) is 5.50. The Morgan fingerprint density at radius 1 is 1.19 bits per heavy atom. The molecule has 0 aliphatic heterocycles. The molecule has 0 saturated heterocycles. The van der Waals surface area contributed by atoms with E-state index >= 15 is 0 Å². The molecule has 21 heavy (non-hydrogen) atoms. The van der Waals surface area contributed by atoms with Crippen molar-refractivity contribution in [3.63, 3.8) is 0 Å². The minimum absolute atomic E-state index is 0.0893. The van der Waals surface area contributed by atoms with Gasteiger partial charge in [0.05, 0.1) is 0 Å². The van der Waals surface area contributed by atoms with E-state index in [1.165, 1.54) is 36.4 Å². The molecule has 2 aromatic rings. The second kappa shape index (κ2) is 6.10. The van der Waals surface area contributed by atoms with Crippen molar-refractivity contribution < 1.29 is 31.5 Å². The lowest BCUT2D eigenvalue weighted by Crippen LogP contribution is -2.12. The van der Waals surface area contributed by atoms with Gasteiger partial charge in [-0.05, 0) is 36.4 Å². The van der Waals surface area contributed by atoms with Gasteiger partial charge in [-0.2, -0.15) is 17.2 Å². The number of furan rings is 1. The largest absolute Gasteiger partial charge is 0.445 e. The van der Waals surface area contributed by atoms with Crippen LogP contribution in [0.1, 0.15) is 5.76 Å². The monoisotopic (exact) mass is 319 g/mol. The van der Waals surface area contributed by atoms with Gasteiger partial charge in [0, 0.05) is 5.69 Å². The van der Waals surface area contributed by atoms with Gasteiger partial charge in [0.15, 0.2) is 0 Å². The van der Waals surface area contributed by atoms with Gasteiger partial charge in [0.25, 0.3) is 10.0 Å². The summed E-state index contributed by atoms with van der Waals surface area (Å²) >= 11 is 0. The minimum atomic E-state index is -3.96. The summed E-state index contributed by atoms with van der Waals surface area (Å²) < 4.78 is 59.2. The molecule has 1 aromatic heterocycles. The Morgan fingerprint density at radius 2 is 1.86 bits per heavy atom. The number of alkyl halides is 2. The lowest BCUT2D eigenvalue weighted by Gasteiger charge is -2.07. The summed E-state index contributed by atoms with van der Waals surface area (Å²) in [6.07, 6.45) is 0. The van der Waals surface area contributed by atoms with Crippen LogP contribution in [0.5, 0.6) is 5.75 Å². The highest BCUT2D eigenvalue weighted by Gasteiger charge is 2.19. The molecule has 0 radical (unpaired) electrons. The number of nitrogens with one attached hydrogen (secondary N) is 1. The van der Waals surface area contributed by atoms with Crippen molar-refractivity contribution in [3.05, 3.63) is 42.2 Å². The van der Waals surface area contributed by atoms with Gasteiger partial charge in [-0.3, -0.25) is 4.72 Å².